The van der Waals surface area contributed by atoms with E-state index in [0.717, 1.165) is 4.88 Å². The molecule has 0 spiro atoms. The predicted molar refractivity (Wildman–Crippen MR) is 84.0 cm³/mol. The molecule has 112 valence electrons. The number of hydrogen-bond donors (Lipinski definition) is 0. The number of sulfonamides is 1. The zero-order valence-corrected chi connectivity index (χ0v) is 13.6. The van der Waals surface area contributed by atoms with Crippen LogP contribution in [0.2, 0.25) is 0 Å². The van der Waals surface area contributed by atoms with Crippen LogP contribution >= 0.6 is 11.3 Å². The molecule has 0 unspecified atom stereocenters. The highest BCUT2D eigenvalue weighted by molar-refractivity contribution is 7.89. The molecule has 1 aromatic carbocycles. The molecule has 0 saturated carbocycles. The lowest BCUT2D eigenvalue weighted by atomic mass is 10.2. The van der Waals surface area contributed by atoms with Gasteiger partial charge in [0, 0.05) is 23.5 Å². The van der Waals surface area contributed by atoms with Crippen molar-refractivity contribution in [3.8, 4) is 0 Å². The number of Topliss-reactive ketones (excluding diaryl/α,β-unsaturated/α-hetero) is 1. The molecule has 0 aliphatic carbocycles. The Balaban J connectivity index is 2.35. The second-order valence-electron chi connectivity index (χ2n) is 4.59. The van der Waals surface area contributed by atoms with Crippen molar-refractivity contribution in [1.82, 2.24) is 4.31 Å². The third kappa shape index (κ3) is 3.58. The van der Waals surface area contributed by atoms with E-state index in [0.29, 0.717) is 18.7 Å². The highest BCUT2D eigenvalue weighted by Gasteiger charge is 2.24. The largest absolute Gasteiger partial charge is 0.295 e. The number of hydrogen-bond acceptors (Lipinski definition) is 4. The lowest BCUT2D eigenvalue weighted by molar-refractivity contribution is 0.101. The molecular weight excluding hydrogens is 306 g/mol. The Morgan fingerprint density at radius 1 is 1.24 bits per heavy atom. The third-order valence-corrected chi connectivity index (χ3v) is 5.92. The Morgan fingerprint density at radius 2 is 2.00 bits per heavy atom. The number of carbonyl (C=O) groups excluding carboxylic acids is 1. The number of ketones is 1. The summed E-state index contributed by atoms with van der Waals surface area (Å²) in [7, 11) is -3.60. The molecule has 1 heterocycles. The fraction of sp³-hybridized carbons (Fsp3) is 0.267. The monoisotopic (exact) mass is 323 g/mol. The van der Waals surface area contributed by atoms with Crippen LogP contribution in [0.1, 0.15) is 29.1 Å². The molecule has 0 aliphatic heterocycles. The summed E-state index contributed by atoms with van der Waals surface area (Å²) in [5.74, 6) is -0.145. The molecule has 2 rings (SSSR count). The lowest BCUT2D eigenvalue weighted by Gasteiger charge is -2.20. The van der Waals surface area contributed by atoms with Gasteiger partial charge in [-0.2, -0.15) is 4.31 Å². The second kappa shape index (κ2) is 6.51. The molecule has 0 atom stereocenters. The van der Waals surface area contributed by atoms with E-state index < -0.39 is 10.0 Å². The van der Waals surface area contributed by atoms with Crippen molar-refractivity contribution in [1.29, 1.82) is 0 Å². The van der Waals surface area contributed by atoms with Gasteiger partial charge in [0.2, 0.25) is 10.0 Å². The quantitative estimate of drug-likeness (QED) is 0.767. The Bertz CT molecular complexity index is 721. The molecule has 0 aliphatic rings. The van der Waals surface area contributed by atoms with Gasteiger partial charge in [-0.25, -0.2) is 8.42 Å². The number of benzene rings is 1. The molecule has 0 amide bonds. The van der Waals surface area contributed by atoms with Gasteiger partial charge in [0.05, 0.1) is 4.90 Å². The number of rotatable bonds is 6. The van der Waals surface area contributed by atoms with E-state index in [1.165, 1.54) is 34.7 Å². The van der Waals surface area contributed by atoms with Crippen molar-refractivity contribution in [2.45, 2.75) is 25.3 Å². The van der Waals surface area contributed by atoms with E-state index in [2.05, 4.69) is 0 Å². The highest BCUT2D eigenvalue weighted by atomic mass is 32.2. The number of nitrogens with zero attached hydrogens (tertiary/aromatic N) is 1. The molecular formula is C15H17NO3S2. The van der Waals surface area contributed by atoms with Crippen molar-refractivity contribution in [3.63, 3.8) is 0 Å². The zero-order valence-electron chi connectivity index (χ0n) is 11.9. The van der Waals surface area contributed by atoms with Crippen LogP contribution in [0.15, 0.2) is 46.7 Å². The van der Waals surface area contributed by atoms with E-state index in [1.54, 1.807) is 19.1 Å². The first kappa shape index (κ1) is 15.9. The van der Waals surface area contributed by atoms with Gasteiger partial charge in [0.15, 0.2) is 5.78 Å². The average Bonchev–Trinajstić information content (AvgIpc) is 2.97. The van der Waals surface area contributed by atoms with Gasteiger partial charge in [0.1, 0.15) is 0 Å². The van der Waals surface area contributed by atoms with Crippen molar-refractivity contribution >= 4 is 27.1 Å². The van der Waals surface area contributed by atoms with Gasteiger partial charge in [-0.05, 0) is 30.5 Å². The molecule has 0 N–H and O–H groups in total. The summed E-state index contributed by atoms with van der Waals surface area (Å²) < 4.78 is 26.8. The van der Waals surface area contributed by atoms with Crippen LogP contribution in [0.3, 0.4) is 0 Å². The lowest BCUT2D eigenvalue weighted by Crippen LogP contribution is -2.30. The van der Waals surface area contributed by atoms with E-state index in [4.69, 9.17) is 0 Å². The molecule has 0 radical (unpaired) electrons. The SMILES string of the molecule is CCN(Cc1cccs1)S(=O)(=O)c1cccc(C(C)=O)c1. The molecule has 0 fully saturated rings. The number of thiophene rings is 1. The van der Waals surface area contributed by atoms with Gasteiger partial charge >= 0.3 is 0 Å². The first-order valence-electron chi connectivity index (χ1n) is 6.58. The minimum absolute atomic E-state index is 0.145. The molecule has 21 heavy (non-hydrogen) atoms. The zero-order chi connectivity index (χ0) is 15.5. The van der Waals surface area contributed by atoms with Crippen LogP contribution < -0.4 is 0 Å². The Hall–Kier alpha value is -1.50. The smallest absolute Gasteiger partial charge is 0.243 e. The van der Waals surface area contributed by atoms with Crippen LogP contribution in [0.4, 0.5) is 0 Å². The molecule has 6 heteroatoms. The molecule has 1 aromatic heterocycles. The maximum Gasteiger partial charge on any atom is 0.243 e. The Kier molecular flexibility index (Phi) is 4.92. The van der Waals surface area contributed by atoms with Crippen LogP contribution in [0.25, 0.3) is 0 Å². The molecule has 0 saturated heterocycles. The van der Waals surface area contributed by atoms with Crippen LogP contribution in [0, 0.1) is 0 Å². The van der Waals surface area contributed by atoms with E-state index >= 15 is 0 Å². The fourth-order valence-electron chi connectivity index (χ4n) is 1.97. The van der Waals surface area contributed by atoms with E-state index in [9.17, 15) is 13.2 Å². The van der Waals surface area contributed by atoms with Crippen molar-refractivity contribution < 1.29 is 13.2 Å². The standard InChI is InChI=1S/C15H17NO3S2/c1-3-16(11-14-7-5-9-20-14)21(18,19)15-8-4-6-13(10-15)12(2)17/h4-10H,3,11H2,1-2H3. The summed E-state index contributed by atoms with van der Waals surface area (Å²) >= 11 is 1.53. The summed E-state index contributed by atoms with van der Waals surface area (Å²) in [5, 5.41) is 1.92. The Labute approximate surface area is 129 Å². The van der Waals surface area contributed by atoms with Crippen molar-refractivity contribution in [2.24, 2.45) is 0 Å². The molecule has 0 bridgehead atoms. The summed E-state index contributed by atoms with van der Waals surface area (Å²) in [4.78, 5) is 12.6. The third-order valence-electron chi connectivity index (χ3n) is 3.14. The summed E-state index contributed by atoms with van der Waals surface area (Å²) in [5.41, 5.74) is 0.406. The second-order valence-corrected chi connectivity index (χ2v) is 7.56. The van der Waals surface area contributed by atoms with Gasteiger partial charge in [-0.1, -0.05) is 25.1 Å². The normalized spacial score (nSPS) is 11.8. The Morgan fingerprint density at radius 3 is 2.57 bits per heavy atom. The van der Waals surface area contributed by atoms with Crippen LogP contribution in [-0.4, -0.2) is 25.1 Å². The van der Waals surface area contributed by atoms with Crippen molar-refractivity contribution in [3.05, 3.63) is 52.2 Å². The van der Waals surface area contributed by atoms with Gasteiger partial charge in [-0.15, -0.1) is 11.3 Å². The van der Waals surface area contributed by atoms with Gasteiger partial charge in [-0.3, -0.25) is 4.79 Å². The minimum Gasteiger partial charge on any atom is -0.295 e. The summed E-state index contributed by atoms with van der Waals surface area (Å²) in [6.07, 6.45) is 0. The first-order valence-corrected chi connectivity index (χ1v) is 8.90. The number of carbonyl (C=O) groups is 1. The fourth-order valence-corrected chi connectivity index (χ4v) is 4.24. The maximum atomic E-state index is 12.7. The van der Waals surface area contributed by atoms with Crippen LogP contribution in [-0.2, 0) is 16.6 Å². The topological polar surface area (TPSA) is 54.5 Å². The molecule has 4 nitrogen and oxygen atoms in total. The van der Waals surface area contributed by atoms with Crippen LogP contribution in [0.5, 0.6) is 0 Å². The minimum atomic E-state index is -3.60. The maximum absolute atomic E-state index is 12.7. The highest BCUT2D eigenvalue weighted by Crippen LogP contribution is 2.21. The summed E-state index contributed by atoms with van der Waals surface area (Å²) in [6, 6.07) is 10.00. The predicted octanol–water partition coefficient (Wildman–Crippen LogP) is 3.16. The average molecular weight is 323 g/mol. The van der Waals surface area contributed by atoms with E-state index in [1.807, 2.05) is 17.5 Å². The molecule has 2 aromatic rings. The van der Waals surface area contributed by atoms with Gasteiger partial charge < -0.3 is 0 Å². The van der Waals surface area contributed by atoms with E-state index in [-0.39, 0.29) is 10.7 Å². The summed E-state index contributed by atoms with van der Waals surface area (Å²) in [6.45, 7) is 3.96. The van der Waals surface area contributed by atoms with Gasteiger partial charge in [0.25, 0.3) is 0 Å². The first-order chi connectivity index (χ1) is 9.95. The van der Waals surface area contributed by atoms with Crippen molar-refractivity contribution in [2.75, 3.05) is 6.54 Å².